The SMILES string of the molecule is I.NC(N)=NCc1ccc(N2CCCCC2=O)cc1. The van der Waals surface area contributed by atoms with Crippen molar-refractivity contribution < 1.29 is 4.79 Å². The number of aliphatic imine (C=N–C) groups is 1. The topological polar surface area (TPSA) is 84.7 Å². The number of piperidine rings is 1. The van der Waals surface area contributed by atoms with Crippen molar-refractivity contribution in [3.8, 4) is 0 Å². The predicted molar refractivity (Wildman–Crippen MR) is 87.6 cm³/mol. The zero-order valence-corrected chi connectivity index (χ0v) is 13.0. The summed E-state index contributed by atoms with van der Waals surface area (Å²) in [6.45, 7) is 1.28. The lowest BCUT2D eigenvalue weighted by atomic mass is 10.1. The third kappa shape index (κ3) is 4.38. The Hall–Kier alpha value is -1.31. The molecule has 1 fully saturated rings. The summed E-state index contributed by atoms with van der Waals surface area (Å²) in [6.07, 6.45) is 2.72. The van der Waals surface area contributed by atoms with Crippen LogP contribution in [0.15, 0.2) is 29.3 Å². The third-order valence-corrected chi connectivity index (χ3v) is 3.02. The summed E-state index contributed by atoms with van der Waals surface area (Å²) in [5.41, 5.74) is 12.5. The Morgan fingerprint density at radius 2 is 1.89 bits per heavy atom. The number of halogens is 1. The molecule has 0 saturated carbocycles. The molecule has 0 aliphatic carbocycles. The van der Waals surface area contributed by atoms with E-state index in [1.807, 2.05) is 29.2 Å². The molecule has 1 aliphatic heterocycles. The molecule has 1 aromatic carbocycles. The summed E-state index contributed by atoms with van der Waals surface area (Å²) < 4.78 is 0. The predicted octanol–water partition coefficient (Wildman–Crippen LogP) is 1.59. The average molecular weight is 374 g/mol. The first-order valence-corrected chi connectivity index (χ1v) is 6.11. The first-order valence-electron chi connectivity index (χ1n) is 6.11. The van der Waals surface area contributed by atoms with Crippen LogP contribution in [0.1, 0.15) is 24.8 Å². The minimum Gasteiger partial charge on any atom is -0.370 e. The fourth-order valence-corrected chi connectivity index (χ4v) is 2.04. The number of hydrogen-bond acceptors (Lipinski definition) is 2. The maximum atomic E-state index is 11.8. The summed E-state index contributed by atoms with van der Waals surface area (Å²) >= 11 is 0. The summed E-state index contributed by atoms with van der Waals surface area (Å²) in [5, 5.41) is 0. The fourth-order valence-electron chi connectivity index (χ4n) is 2.04. The number of nitrogens with zero attached hydrogens (tertiary/aromatic N) is 2. The molecule has 1 saturated heterocycles. The molecule has 1 heterocycles. The minimum atomic E-state index is 0. The van der Waals surface area contributed by atoms with Gasteiger partial charge in [0.25, 0.3) is 0 Å². The van der Waals surface area contributed by atoms with E-state index in [1.54, 1.807) is 0 Å². The Labute approximate surface area is 130 Å². The van der Waals surface area contributed by atoms with Gasteiger partial charge in [0.2, 0.25) is 5.91 Å². The van der Waals surface area contributed by atoms with Gasteiger partial charge in [-0.15, -0.1) is 24.0 Å². The van der Waals surface area contributed by atoms with Gasteiger partial charge in [-0.05, 0) is 30.5 Å². The molecule has 4 N–H and O–H groups in total. The van der Waals surface area contributed by atoms with Gasteiger partial charge in [0.1, 0.15) is 0 Å². The van der Waals surface area contributed by atoms with Crippen LogP contribution in [0.5, 0.6) is 0 Å². The van der Waals surface area contributed by atoms with Gasteiger partial charge in [-0.25, -0.2) is 4.99 Å². The van der Waals surface area contributed by atoms with Crippen LogP contribution in [0.2, 0.25) is 0 Å². The van der Waals surface area contributed by atoms with Crippen LogP contribution in [0.3, 0.4) is 0 Å². The lowest BCUT2D eigenvalue weighted by molar-refractivity contribution is -0.119. The molecule has 0 radical (unpaired) electrons. The van der Waals surface area contributed by atoms with Gasteiger partial charge < -0.3 is 16.4 Å². The van der Waals surface area contributed by atoms with Crippen molar-refractivity contribution in [2.24, 2.45) is 16.5 Å². The van der Waals surface area contributed by atoms with E-state index in [4.69, 9.17) is 11.5 Å². The maximum Gasteiger partial charge on any atom is 0.226 e. The van der Waals surface area contributed by atoms with E-state index in [0.717, 1.165) is 30.6 Å². The molecule has 5 nitrogen and oxygen atoms in total. The smallest absolute Gasteiger partial charge is 0.226 e. The number of benzene rings is 1. The Balaban J connectivity index is 0.00000180. The van der Waals surface area contributed by atoms with Crippen LogP contribution in [0, 0.1) is 0 Å². The number of amides is 1. The number of carbonyl (C=O) groups is 1. The summed E-state index contributed by atoms with van der Waals surface area (Å²) in [6, 6.07) is 7.79. The molecule has 0 spiro atoms. The van der Waals surface area contributed by atoms with E-state index in [-0.39, 0.29) is 35.8 Å². The van der Waals surface area contributed by atoms with Crippen LogP contribution in [0.25, 0.3) is 0 Å². The lowest BCUT2D eigenvalue weighted by Gasteiger charge is -2.26. The Bertz CT molecular complexity index is 454. The van der Waals surface area contributed by atoms with Crippen molar-refractivity contribution in [3.05, 3.63) is 29.8 Å². The molecular weight excluding hydrogens is 355 g/mol. The number of hydrogen-bond donors (Lipinski definition) is 2. The quantitative estimate of drug-likeness (QED) is 0.479. The first-order chi connectivity index (χ1) is 8.66. The molecular formula is C13H19IN4O. The largest absolute Gasteiger partial charge is 0.370 e. The van der Waals surface area contributed by atoms with Crippen molar-refractivity contribution in [3.63, 3.8) is 0 Å². The van der Waals surface area contributed by atoms with Crippen molar-refractivity contribution >= 4 is 41.5 Å². The normalized spacial score (nSPS) is 14.7. The molecule has 0 unspecified atom stereocenters. The molecule has 0 bridgehead atoms. The summed E-state index contributed by atoms with van der Waals surface area (Å²) in [4.78, 5) is 17.6. The molecule has 19 heavy (non-hydrogen) atoms. The second-order valence-corrected chi connectivity index (χ2v) is 4.41. The zero-order chi connectivity index (χ0) is 13.0. The van der Waals surface area contributed by atoms with Gasteiger partial charge in [-0.1, -0.05) is 12.1 Å². The van der Waals surface area contributed by atoms with Crippen LogP contribution >= 0.6 is 24.0 Å². The van der Waals surface area contributed by atoms with E-state index in [9.17, 15) is 4.79 Å². The van der Waals surface area contributed by atoms with E-state index >= 15 is 0 Å². The monoisotopic (exact) mass is 374 g/mol. The van der Waals surface area contributed by atoms with E-state index in [0.29, 0.717) is 13.0 Å². The van der Waals surface area contributed by atoms with Crippen molar-refractivity contribution in [2.75, 3.05) is 11.4 Å². The van der Waals surface area contributed by atoms with E-state index in [1.165, 1.54) is 0 Å². The number of nitrogens with two attached hydrogens (primary N) is 2. The molecule has 1 amide bonds. The Morgan fingerprint density at radius 1 is 1.21 bits per heavy atom. The van der Waals surface area contributed by atoms with Gasteiger partial charge in [-0.2, -0.15) is 0 Å². The fraction of sp³-hybridized carbons (Fsp3) is 0.385. The summed E-state index contributed by atoms with van der Waals surface area (Å²) in [7, 11) is 0. The number of guanidine groups is 1. The molecule has 6 heteroatoms. The third-order valence-electron chi connectivity index (χ3n) is 3.02. The van der Waals surface area contributed by atoms with Gasteiger partial charge >= 0.3 is 0 Å². The summed E-state index contributed by atoms with van der Waals surface area (Å²) in [5.74, 6) is 0.295. The zero-order valence-electron chi connectivity index (χ0n) is 10.7. The minimum absolute atomic E-state index is 0. The highest BCUT2D eigenvalue weighted by molar-refractivity contribution is 14.0. The van der Waals surface area contributed by atoms with Crippen LogP contribution in [-0.2, 0) is 11.3 Å². The standard InChI is InChI=1S/C13H18N4O.HI/c14-13(15)16-9-10-4-6-11(7-5-10)17-8-2-1-3-12(17)18;/h4-7H,1-3,8-9H2,(H4,14,15,16);1H. The van der Waals surface area contributed by atoms with Gasteiger partial charge in [0, 0.05) is 18.7 Å². The number of anilines is 1. The Morgan fingerprint density at radius 3 is 2.47 bits per heavy atom. The molecule has 2 rings (SSSR count). The molecule has 0 atom stereocenters. The highest BCUT2D eigenvalue weighted by Gasteiger charge is 2.19. The maximum absolute atomic E-state index is 11.8. The molecule has 0 aromatic heterocycles. The first kappa shape index (κ1) is 15.7. The number of carbonyl (C=O) groups excluding carboxylic acids is 1. The van der Waals surface area contributed by atoms with E-state index < -0.39 is 0 Å². The second-order valence-electron chi connectivity index (χ2n) is 4.41. The van der Waals surface area contributed by atoms with Gasteiger partial charge in [0.05, 0.1) is 6.54 Å². The van der Waals surface area contributed by atoms with Crippen molar-refractivity contribution in [1.82, 2.24) is 0 Å². The highest BCUT2D eigenvalue weighted by atomic mass is 127. The molecule has 1 aliphatic rings. The van der Waals surface area contributed by atoms with Crippen LogP contribution in [0.4, 0.5) is 5.69 Å². The van der Waals surface area contributed by atoms with Crippen LogP contribution < -0.4 is 16.4 Å². The average Bonchev–Trinajstić information content (AvgIpc) is 2.38. The number of rotatable bonds is 3. The van der Waals surface area contributed by atoms with Crippen molar-refractivity contribution in [2.45, 2.75) is 25.8 Å². The second kappa shape index (κ2) is 7.32. The van der Waals surface area contributed by atoms with E-state index in [2.05, 4.69) is 4.99 Å². The molecule has 1 aromatic rings. The van der Waals surface area contributed by atoms with Gasteiger partial charge in [0.15, 0.2) is 5.96 Å². The molecule has 104 valence electrons. The highest BCUT2D eigenvalue weighted by Crippen LogP contribution is 2.21. The lowest BCUT2D eigenvalue weighted by Crippen LogP contribution is -2.35. The Kier molecular flexibility index (Phi) is 6.07. The van der Waals surface area contributed by atoms with Crippen LogP contribution in [-0.4, -0.2) is 18.4 Å². The van der Waals surface area contributed by atoms with Crippen molar-refractivity contribution in [1.29, 1.82) is 0 Å². The van der Waals surface area contributed by atoms with Gasteiger partial charge in [-0.3, -0.25) is 4.79 Å².